The molecular formula is C8H7BBrNO2S. The van der Waals surface area contributed by atoms with E-state index in [2.05, 4.69) is 15.9 Å². The van der Waals surface area contributed by atoms with Crippen LogP contribution in [0.3, 0.4) is 0 Å². The van der Waals surface area contributed by atoms with E-state index in [0.29, 0.717) is 14.9 Å². The second-order valence-electron chi connectivity index (χ2n) is 2.90. The second-order valence-corrected chi connectivity index (χ2v) is 4.84. The van der Waals surface area contributed by atoms with E-state index in [1.54, 1.807) is 6.07 Å². The number of hydrogen-bond acceptors (Lipinski definition) is 4. The molecule has 2 aromatic rings. The van der Waals surface area contributed by atoms with Gasteiger partial charge in [-0.1, -0.05) is 22.0 Å². The predicted molar refractivity (Wildman–Crippen MR) is 63.8 cm³/mol. The third-order valence-electron chi connectivity index (χ3n) is 1.95. The number of nitrogens with two attached hydrogens (primary N) is 1. The van der Waals surface area contributed by atoms with Crippen LogP contribution >= 0.6 is 27.3 Å². The summed E-state index contributed by atoms with van der Waals surface area (Å²) >= 11 is 4.62. The standard InChI is InChI=1S/C8H7BBrNO2S/c10-5-2-1-4-3-6(11)14-8(4)7(5)9(12)13/h1-3,12-13H,11H2. The van der Waals surface area contributed by atoms with Gasteiger partial charge in [0.05, 0.1) is 5.00 Å². The summed E-state index contributed by atoms with van der Waals surface area (Å²) in [6.07, 6.45) is 0. The van der Waals surface area contributed by atoms with Crippen molar-refractivity contribution in [3.8, 4) is 0 Å². The summed E-state index contributed by atoms with van der Waals surface area (Å²) in [5.74, 6) is 0. The van der Waals surface area contributed by atoms with Crippen molar-refractivity contribution < 1.29 is 10.0 Å². The molecule has 1 heterocycles. The minimum atomic E-state index is -1.48. The smallest absolute Gasteiger partial charge is 0.423 e. The van der Waals surface area contributed by atoms with Crippen LogP contribution in [0.4, 0.5) is 5.00 Å². The number of rotatable bonds is 1. The van der Waals surface area contributed by atoms with Crippen molar-refractivity contribution in [2.75, 3.05) is 5.73 Å². The number of nitrogen functional groups attached to an aromatic ring is 1. The van der Waals surface area contributed by atoms with Crippen LogP contribution in [0, 0.1) is 0 Å². The Morgan fingerprint density at radius 2 is 2.07 bits per heavy atom. The predicted octanol–water partition coefficient (Wildman–Crippen LogP) is 0.926. The highest BCUT2D eigenvalue weighted by molar-refractivity contribution is 9.10. The number of anilines is 1. The SMILES string of the molecule is Nc1cc2ccc(Br)c(B(O)O)c2s1. The van der Waals surface area contributed by atoms with Gasteiger partial charge in [0.25, 0.3) is 0 Å². The van der Waals surface area contributed by atoms with Crippen molar-refractivity contribution in [3.05, 3.63) is 22.7 Å². The molecule has 14 heavy (non-hydrogen) atoms. The molecule has 0 amide bonds. The fourth-order valence-corrected chi connectivity index (χ4v) is 3.02. The van der Waals surface area contributed by atoms with E-state index in [9.17, 15) is 10.0 Å². The summed E-state index contributed by atoms with van der Waals surface area (Å²) in [5.41, 5.74) is 6.13. The molecule has 2 rings (SSSR count). The van der Waals surface area contributed by atoms with Crippen LogP contribution in [0.5, 0.6) is 0 Å². The molecule has 0 spiro atoms. The van der Waals surface area contributed by atoms with Gasteiger partial charge >= 0.3 is 7.12 Å². The Morgan fingerprint density at radius 3 is 2.71 bits per heavy atom. The summed E-state index contributed by atoms with van der Waals surface area (Å²) in [6, 6.07) is 5.49. The van der Waals surface area contributed by atoms with Crippen LogP contribution in [0.15, 0.2) is 22.7 Å². The summed E-state index contributed by atoms with van der Waals surface area (Å²) in [6.45, 7) is 0. The Labute approximate surface area is 93.4 Å². The molecule has 3 nitrogen and oxygen atoms in total. The van der Waals surface area contributed by atoms with Gasteiger partial charge < -0.3 is 15.8 Å². The van der Waals surface area contributed by atoms with Gasteiger partial charge in [-0.15, -0.1) is 11.3 Å². The molecule has 6 heteroatoms. The molecule has 72 valence electrons. The molecule has 0 saturated carbocycles. The zero-order valence-electron chi connectivity index (χ0n) is 7.07. The van der Waals surface area contributed by atoms with Crippen LogP contribution < -0.4 is 11.2 Å². The minimum Gasteiger partial charge on any atom is -0.423 e. The molecule has 0 unspecified atom stereocenters. The molecule has 1 aromatic heterocycles. The molecule has 0 radical (unpaired) electrons. The fourth-order valence-electron chi connectivity index (χ4n) is 1.36. The van der Waals surface area contributed by atoms with E-state index in [1.807, 2.05) is 12.1 Å². The van der Waals surface area contributed by atoms with E-state index in [0.717, 1.165) is 10.1 Å². The van der Waals surface area contributed by atoms with Gasteiger partial charge in [0.2, 0.25) is 0 Å². The highest BCUT2D eigenvalue weighted by Crippen LogP contribution is 2.28. The third-order valence-corrected chi connectivity index (χ3v) is 3.65. The first kappa shape index (κ1) is 9.98. The van der Waals surface area contributed by atoms with Crippen molar-refractivity contribution in [2.45, 2.75) is 0 Å². The monoisotopic (exact) mass is 271 g/mol. The van der Waals surface area contributed by atoms with Crippen LogP contribution in [-0.4, -0.2) is 17.2 Å². The number of hydrogen-bond donors (Lipinski definition) is 3. The van der Waals surface area contributed by atoms with Crippen molar-refractivity contribution >= 4 is 54.9 Å². The summed E-state index contributed by atoms with van der Waals surface area (Å²) in [4.78, 5) is 0. The lowest BCUT2D eigenvalue weighted by Gasteiger charge is -2.03. The average molecular weight is 272 g/mol. The van der Waals surface area contributed by atoms with Crippen molar-refractivity contribution in [2.24, 2.45) is 0 Å². The lowest BCUT2D eigenvalue weighted by Crippen LogP contribution is -2.31. The third kappa shape index (κ3) is 1.54. The molecule has 0 aliphatic carbocycles. The van der Waals surface area contributed by atoms with Crippen LogP contribution in [0.1, 0.15) is 0 Å². The number of benzene rings is 1. The van der Waals surface area contributed by atoms with Gasteiger partial charge in [-0.2, -0.15) is 0 Å². The number of halogens is 1. The maximum absolute atomic E-state index is 9.20. The number of thiophene rings is 1. The Bertz CT molecular complexity index is 485. The Morgan fingerprint density at radius 1 is 1.36 bits per heavy atom. The lowest BCUT2D eigenvalue weighted by atomic mass is 9.80. The first-order valence-corrected chi connectivity index (χ1v) is 5.54. The van der Waals surface area contributed by atoms with Gasteiger partial charge in [0.15, 0.2) is 0 Å². The molecule has 0 bridgehead atoms. The molecule has 0 atom stereocenters. The van der Waals surface area contributed by atoms with Gasteiger partial charge in [-0.25, -0.2) is 0 Å². The highest BCUT2D eigenvalue weighted by Gasteiger charge is 2.19. The van der Waals surface area contributed by atoms with Crippen molar-refractivity contribution in [3.63, 3.8) is 0 Å². The molecule has 0 aliphatic heterocycles. The molecular weight excluding hydrogens is 265 g/mol. The van der Waals surface area contributed by atoms with E-state index in [-0.39, 0.29) is 0 Å². The van der Waals surface area contributed by atoms with Gasteiger partial charge in [-0.05, 0) is 17.5 Å². The summed E-state index contributed by atoms with van der Waals surface area (Å²) in [5, 5.41) is 20.0. The van der Waals surface area contributed by atoms with E-state index >= 15 is 0 Å². The van der Waals surface area contributed by atoms with Crippen LogP contribution in [0.2, 0.25) is 0 Å². The van der Waals surface area contributed by atoms with Crippen molar-refractivity contribution in [1.82, 2.24) is 0 Å². The fraction of sp³-hybridized carbons (Fsp3) is 0. The maximum atomic E-state index is 9.20. The summed E-state index contributed by atoms with van der Waals surface area (Å²) in [7, 11) is -1.48. The molecule has 0 saturated heterocycles. The Kier molecular flexibility index (Phi) is 2.53. The van der Waals surface area contributed by atoms with E-state index < -0.39 is 7.12 Å². The first-order valence-electron chi connectivity index (χ1n) is 3.93. The largest absolute Gasteiger partial charge is 0.491 e. The van der Waals surface area contributed by atoms with Crippen LogP contribution in [-0.2, 0) is 0 Å². The normalized spacial score (nSPS) is 10.8. The van der Waals surface area contributed by atoms with E-state index in [1.165, 1.54) is 11.3 Å². The van der Waals surface area contributed by atoms with Gasteiger partial charge in [0.1, 0.15) is 0 Å². The Hall–Kier alpha value is -0.555. The summed E-state index contributed by atoms with van der Waals surface area (Å²) < 4.78 is 1.49. The zero-order valence-corrected chi connectivity index (χ0v) is 9.47. The average Bonchev–Trinajstić information content (AvgIpc) is 2.43. The molecule has 4 N–H and O–H groups in total. The molecule has 1 aromatic carbocycles. The van der Waals surface area contributed by atoms with Gasteiger partial charge in [-0.3, -0.25) is 0 Å². The number of fused-ring (bicyclic) bond motifs is 1. The topological polar surface area (TPSA) is 66.5 Å². The lowest BCUT2D eigenvalue weighted by molar-refractivity contribution is 0.426. The quantitative estimate of drug-likeness (QED) is 0.676. The van der Waals surface area contributed by atoms with Crippen molar-refractivity contribution in [1.29, 1.82) is 0 Å². The zero-order chi connectivity index (χ0) is 10.3. The highest BCUT2D eigenvalue weighted by atomic mass is 79.9. The molecule has 0 aliphatic rings. The second kappa shape index (κ2) is 3.54. The Balaban J connectivity index is 2.82. The first-order chi connectivity index (χ1) is 6.59. The minimum absolute atomic E-state index is 0.476. The molecule has 0 fully saturated rings. The van der Waals surface area contributed by atoms with Gasteiger partial charge in [0, 0.05) is 14.6 Å². The van der Waals surface area contributed by atoms with Crippen LogP contribution in [0.25, 0.3) is 10.1 Å². The maximum Gasteiger partial charge on any atom is 0.491 e. The van der Waals surface area contributed by atoms with E-state index in [4.69, 9.17) is 5.73 Å².